The van der Waals surface area contributed by atoms with Gasteiger partial charge in [-0.05, 0) is 42.5 Å². The number of aryl methyl sites for hydroxylation is 2. The summed E-state index contributed by atoms with van der Waals surface area (Å²) in [7, 11) is 0. The van der Waals surface area contributed by atoms with Crippen LogP contribution in [0.3, 0.4) is 0 Å². The topological polar surface area (TPSA) is 35.6 Å². The standard InChI is InChI=1S/C10H12ClIN4/c1-3-16-8(4-7(2)13-16)5-15-6-9(11)10(12)14-15/h4,6H,3,5H2,1-2H3. The largest absolute Gasteiger partial charge is 0.268 e. The summed E-state index contributed by atoms with van der Waals surface area (Å²) in [5, 5.41) is 9.41. The van der Waals surface area contributed by atoms with Gasteiger partial charge in [0.1, 0.15) is 3.70 Å². The van der Waals surface area contributed by atoms with Crippen molar-refractivity contribution in [1.29, 1.82) is 0 Å². The molecule has 0 aliphatic carbocycles. The zero-order valence-electron chi connectivity index (χ0n) is 9.11. The molecule has 86 valence electrons. The summed E-state index contributed by atoms with van der Waals surface area (Å²) in [4.78, 5) is 0. The molecule has 4 nitrogen and oxygen atoms in total. The third-order valence-electron chi connectivity index (χ3n) is 2.28. The zero-order chi connectivity index (χ0) is 11.7. The van der Waals surface area contributed by atoms with Gasteiger partial charge in [-0.15, -0.1) is 0 Å². The van der Waals surface area contributed by atoms with Gasteiger partial charge in [0.25, 0.3) is 0 Å². The third-order valence-corrected chi connectivity index (χ3v) is 3.68. The molecule has 0 fully saturated rings. The van der Waals surface area contributed by atoms with E-state index in [1.807, 2.05) is 22.5 Å². The Balaban J connectivity index is 2.26. The van der Waals surface area contributed by atoms with Crippen molar-refractivity contribution in [1.82, 2.24) is 19.6 Å². The molecule has 0 saturated heterocycles. The van der Waals surface area contributed by atoms with Gasteiger partial charge in [0.05, 0.1) is 23.0 Å². The molecule has 0 aliphatic rings. The quantitative estimate of drug-likeness (QED) is 0.798. The Morgan fingerprint density at radius 3 is 2.75 bits per heavy atom. The fraction of sp³-hybridized carbons (Fsp3) is 0.400. The van der Waals surface area contributed by atoms with Gasteiger partial charge in [0, 0.05) is 12.7 Å². The van der Waals surface area contributed by atoms with Crippen LogP contribution in [0.15, 0.2) is 12.3 Å². The molecule has 16 heavy (non-hydrogen) atoms. The number of nitrogens with zero attached hydrogens (tertiary/aromatic N) is 4. The van der Waals surface area contributed by atoms with Gasteiger partial charge in [-0.3, -0.25) is 9.36 Å². The number of hydrogen-bond donors (Lipinski definition) is 0. The Labute approximate surface area is 113 Å². The van der Waals surface area contributed by atoms with Gasteiger partial charge in [-0.25, -0.2) is 0 Å². The van der Waals surface area contributed by atoms with Crippen LogP contribution in [0.5, 0.6) is 0 Å². The fourth-order valence-corrected chi connectivity index (χ4v) is 2.19. The van der Waals surface area contributed by atoms with E-state index in [-0.39, 0.29) is 0 Å². The summed E-state index contributed by atoms with van der Waals surface area (Å²) in [5.41, 5.74) is 2.18. The van der Waals surface area contributed by atoms with Crippen LogP contribution < -0.4 is 0 Å². The second-order valence-corrected chi connectivity index (χ2v) is 4.99. The number of aromatic nitrogens is 4. The van der Waals surface area contributed by atoms with E-state index in [1.54, 1.807) is 0 Å². The van der Waals surface area contributed by atoms with E-state index in [0.717, 1.165) is 21.6 Å². The highest BCUT2D eigenvalue weighted by Gasteiger charge is 2.08. The fourth-order valence-electron chi connectivity index (χ4n) is 1.62. The van der Waals surface area contributed by atoms with Gasteiger partial charge in [0.15, 0.2) is 0 Å². The molecular weight excluding hydrogens is 338 g/mol. The van der Waals surface area contributed by atoms with E-state index in [1.165, 1.54) is 0 Å². The maximum atomic E-state index is 5.96. The molecule has 0 saturated carbocycles. The molecule has 0 aliphatic heterocycles. The van der Waals surface area contributed by atoms with Crippen LogP contribution in [-0.4, -0.2) is 19.6 Å². The van der Waals surface area contributed by atoms with Gasteiger partial charge in [-0.2, -0.15) is 10.2 Å². The molecule has 0 bridgehead atoms. The van der Waals surface area contributed by atoms with Crippen LogP contribution in [0.1, 0.15) is 18.3 Å². The van der Waals surface area contributed by atoms with Crippen LogP contribution in [0.2, 0.25) is 5.02 Å². The number of halogens is 2. The number of hydrogen-bond acceptors (Lipinski definition) is 2. The average Bonchev–Trinajstić information content (AvgIpc) is 2.72. The first-order chi connectivity index (χ1) is 7.60. The molecule has 2 rings (SSSR count). The first kappa shape index (κ1) is 11.9. The molecule has 0 atom stereocenters. The lowest BCUT2D eigenvalue weighted by atomic mass is 10.3. The van der Waals surface area contributed by atoms with E-state index in [9.17, 15) is 0 Å². The summed E-state index contributed by atoms with van der Waals surface area (Å²) in [6.45, 7) is 5.65. The van der Waals surface area contributed by atoms with E-state index in [4.69, 9.17) is 11.6 Å². The Kier molecular flexibility index (Phi) is 3.53. The minimum absolute atomic E-state index is 0.694. The zero-order valence-corrected chi connectivity index (χ0v) is 12.0. The smallest absolute Gasteiger partial charge is 0.141 e. The second-order valence-electron chi connectivity index (χ2n) is 3.56. The van der Waals surface area contributed by atoms with E-state index in [2.05, 4.69) is 45.8 Å². The monoisotopic (exact) mass is 350 g/mol. The maximum Gasteiger partial charge on any atom is 0.141 e. The lowest BCUT2D eigenvalue weighted by Crippen LogP contribution is -2.08. The minimum Gasteiger partial charge on any atom is -0.268 e. The first-order valence-corrected chi connectivity index (χ1v) is 6.47. The van der Waals surface area contributed by atoms with Crippen LogP contribution in [0.25, 0.3) is 0 Å². The SMILES string of the molecule is CCn1nc(C)cc1Cn1cc(Cl)c(I)n1. The van der Waals surface area contributed by atoms with Crippen LogP contribution >= 0.6 is 34.2 Å². The Morgan fingerprint density at radius 1 is 1.44 bits per heavy atom. The van der Waals surface area contributed by atoms with Crippen molar-refractivity contribution >= 4 is 34.2 Å². The maximum absolute atomic E-state index is 5.96. The lowest BCUT2D eigenvalue weighted by Gasteiger charge is -2.04. The molecule has 0 aromatic carbocycles. The predicted molar refractivity (Wildman–Crippen MR) is 71.7 cm³/mol. The van der Waals surface area contributed by atoms with E-state index >= 15 is 0 Å². The van der Waals surface area contributed by atoms with Gasteiger partial charge >= 0.3 is 0 Å². The second kappa shape index (κ2) is 4.75. The highest BCUT2D eigenvalue weighted by molar-refractivity contribution is 14.1. The highest BCUT2D eigenvalue weighted by atomic mass is 127. The molecular formula is C10H12ClIN4. The lowest BCUT2D eigenvalue weighted by molar-refractivity contribution is 0.574. The third kappa shape index (κ3) is 2.40. The molecule has 0 spiro atoms. The summed E-state index contributed by atoms with van der Waals surface area (Å²) in [6.07, 6.45) is 1.84. The van der Waals surface area contributed by atoms with Gasteiger partial charge in [0.2, 0.25) is 0 Å². The average molecular weight is 351 g/mol. The van der Waals surface area contributed by atoms with E-state index in [0.29, 0.717) is 11.6 Å². The predicted octanol–water partition coefficient (Wildman–Crippen LogP) is 2.71. The molecule has 6 heteroatoms. The van der Waals surface area contributed by atoms with Crippen molar-refractivity contribution in [3.8, 4) is 0 Å². The minimum atomic E-state index is 0.694. The molecule has 0 unspecified atom stereocenters. The molecule has 2 aromatic heterocycles. The van der Waals surface area contributed by atoms with Crippen molar-refractivity contribution in [2.45, 2.75) is 26.9 Å². The van der Waals surface area contributed by atoms with Crippen LogP contribution in [0, 0.1) is 10.6 Å². The highest BCUT2D eigenvalue weighted by Crippen LogP contribution is 2.16. The molecule has 2 heterocycles. The molecule has 0 radical (unpaired) electrons. The molecule has 2 aromatic rings. The Hall–Kier alpha value is -0.560. The summed E-state index contributed by atoms with van der Waals surface area (Å²) in [6, 6.07) is 2.08. The Bertz CT molecular complexity index is 483. The van der Waals surface area contributed by atoms with Crippen molar-refractivity contribution in [3.05, 3.63) is 32.4 Å². The van der Waals surface area contributed by atoms with Crippen molar-refractivity contribution in [2.75, 3.05) is 0 Å². The summed E-state index contributed by atoms with van der Waals surface area (Å²) in [5.74, 6) is 0. The van der Waals surface area contributed by atoms with Crippen molar-refractivity contribution in [2.24, 2.45) is 0 Å². The van der Waals surface area contributed by atoms with Gasteiger partial charge < -0.3 is 0 Å². The normalized spacial score (nSPS) is 11.0. The number of rotatable bonds is 3. The van der Waals surface area contributed by atoms with Crippen LogP contribution in [0.4, 0.5) is 0 Å². The van der Waals surface area contributed by atoms with Crippen molar-refractivity contribution < 1.29 is 0 Å². The van der Waals surface area contributed by atoms with Crippen molar-refractivity contribution in [3.63, 3.8) is 0 Å². The molecule has 0 amide bonds. The Morgan fingerprint density at radius 2 is 2.19 bits per heavy atom. The van der Waals surface area contributed by atoms with E-state index < -0.39 is 0 Å². The van der Waals surface area contributed by atoms with Gasteiger partial charge in [-0.1, -0.05) is 11.6 Å². The molecule has 0 N–H and O–H groups in total. The summed E-state index contributed by atoms with van der Waals surface area (Å²) < 4.78 is 4.66. The van der Waals surface area contributed by atoms with Crippen LogP contribution in [-0.2, 0) is 13.1 Å². The summed E-state index contributed by atoms with van der Waals surface area (Å²) >= 11 is 8.09. The first-order valence-electron chi connectivity index (χ1n) is 5.02.